The first-order valence-electron chi connectivity index (χ1n) is 8.15. The fraction of sp³-hybridized carbons (Fsp3) is 0.263. The van der Waals surface area contributed by atoms with Gasteiger partial charge in [0.15, 0.2) is 0 Å². The largest absolute Gasteiger partial charge is 0.349 e. The summed E-state index contributed by atoms with van der Waals surface area (Å²) < 4.78 is 13.9. The molecule has 6 heteroatoms. The molecule has 0 bridgehead atoms. The first kappa shape index (κ1) is 17.4. The van der Waals surface area contributed by atoms with Crippen molar-refractivity contribution >= 4 is 23.4 Å². The summed E-state index contributed by atoms with van der Waals surface area (Å²) in [5.41, 5.74) is 0.523. The fourth-order valence-electron chi connectivity index (χ4n) is 2.95. The molecule has 1 N–H and O–H groups in total. The third-order valence-electron chi connectivity index (χ3n) is 4.33. The Morgan fingerprint density at radius 2 is 1.72 bits per heavy atom. The van der Waals surface area contributed by atoms with Crippen LogP contribution in [-0.4, -0.2) is 35.8 Å². The molecule has 4 nitrogen and oxygen atoms in total. The van der Waals surface area contributed by atoms with Crippen LogP contribution in [0.3, 0.4) is 0 Å². The van der Waals surface area contributed by atoms with Crippen LogP contribution in [0.2, 0.25) is 5.02 Å². The van der Waals surface area contributed by atoms with E-state index in [0.29, 0.717) is 31.5 Å². The molecule has 130 valence electrons. The molecule has 1 fully saturated rings. The highest BCUT2D eigenvalue weighted by Crippen LogP contribution is 2.22. The van der Waals surface area contributed by atoms with Gasteiger partial charge in [0.25, 0.3) is 11.8 Å². The standard InChI is InChI=1S/C19H18ClFN2O2/c20-15-7-4-8-16(21)17(15)19(25)23-11-9-14(10-12-23)22-18(24)13-5-2-1-3-6-13/h1-8,14H,9-12H2,(H,22,24). The Bertz CT molecular complexity index is 754. The summed E-state index contributed by atoms with van der Waals surface area (Å²) in [6.45, 7) is 0.895. The van der Waals surface area contributed by atoms with Gasteiger partial charge in [-0.1, -0.05) is 35.9 Å². The highest BCUT2D eigenvalue weighted by atomic mass is 35.5. The van der Waals surface area contributed by atoms with Crippen LogP contribution in [0, 0.1) is 5.82 Å². The van der Waals surface area contributed by atoms with E-state index in [2.05, 4.69) is 5.32 Å². The topological polar surface area (TPSA) is 49.4 Å². The molecule has 0 aliphatic carbocycles. The molecule has 2 aromatic carbocycles. The molecule has 0 atom stereocenters. The van der Waals surface area contributed by atoms with Gasteiger partial charge in [0.05, 0.1) is 10.6 Å². The van der Waals surface area contributed by atoms with Crippen molar-refractivity contribution in [2.24, 2.45) is 0 Å². The number of likely N-dealkylation sites (tertiary alicyclic amines) is 1. The van der Waals surface area contributed by atoms with E-state index in [-0.39, 0.29) is 22.5 Å². The lowest BCUT2D eigenvalue weighted by atomic mass is 10.0. The molecule has 0 unspecified atom stereocenters. The second-order valence-corrected chi connectivity index (χ2v) is 6.41. The zero-order valence-electron chi connectivity index (χ0n) is 13.5. The normalized spacial score (nSPS) is 15.0. The maximum Gasteiger partial charge on any atom is 0.258 e. The summed E-state index contributed by atoms with van der Waals surface area (Å²) in [5.74, 6) is -1.14. The van der Waals surface area contributed by atoms with Gasteiger partial charge in [0, 0.05) is 24.7 Å². The van der Waals surface area contributed by atoms with Crippen LogP contribution in [0.1, 0.15) is 33.6 Å². The Kier molecular flexibility index (Phi) is 5.34. The minimum atomic E-state index is -0.614. The molecule has 2 amide bonds. The lowest BCUT2D eigenvalue weighted by Crippen LogP contribution is -2.46. The lowest BCUT2D eigenvalue weighted by Gasteiger charge is -2.32. The number of carbonyl (C=O) groups excluding carboxylic acids is 2. The highest BCUT2D eigenvalue weighted by molar-refractivity contribution is 6.33. The van der Waals surface area contributed by atoms with E-state index < -0.39 is 11.7 Å². The maximum absolute atomic E-state index is 13.9. The van der Waals surface area contributed by atoms with Crippen LogP contribution in [0.15, 0.2) is 48.5 Å². The summed E-state index contributed by atoms with van der Waals surface area (Å²) >= 11 is 5.96. The van der Waals surface area contributed by atoms with Gasteiger partial charge in [-0.3, -0.25) is 9.59 Å². The average Bonchev–Trinajstić information content (AvgIpc) is 2.63. The number of carbonyl (C=O) groups is 2. The number of rotatable bonds is 3. The lowest BCUT2D eigenvalue weighted by molar-refractivity contribution is 0.0694. The molecule has 2 aromatic rings. The van der Waals surface area contributed by atoms with Gasteiger partial charge in [-0.05, 0) is 37.1 Å². The maximum atomic E-state index is 13.9. The average molecular weight is 361 g/mol. The van der Waals surface area contributed by atoms with Gasteiger partial charge >= 0.3 is 0 Å². The molecule has 25 heavy (non-hydrogen) atoms. The fourth-order valence-corrected chi connectivity index (χ4v) is 3.19. The molecule has 0 spiro atoms. The zero-order valence-corrected chi connectivity index (χ0v) is 14.3. The second-order valence-electron chi connectivity index (χ2n) is 6.00. The molecule has 0 aromatic heterocycles. The molecule has 3 rings (SSSR count). The van der Waals surface area contributed by atoms with E-state index in [9.17, 15) is 14.0 Å². The van der Waals surface area contributed by atoms with E-state index in [0.717, 1.165) is 0 Å². The Balaban J connectivity index is 1.59. The molecule has 0 saturated carbocycles. The first-order valence-corrected chi connectivity index (χ1v) is 8.53. The van der Waals surface area contributed by atoms with E-state index in [4.69, 9.17) is 11.6 Å². The number of nitrogens with one attached hydrogen (secondary N) is 1. The third kappa shape index (κ3) is 3.99. The van der Waals surface area contributed by atoms with Crippen LogP contribution >= 0.6 is 11.6 Å². The van der Waals surface area contributed by atoms with Crippen LogP contribution in [0.4, 0.5) is 4.39 Å². The van der Waals surface area contributed by atoms with Crippen LogP contribution in [-0.2, 0) is 0 Å². The number of amides is 2. The number of hydrogen-bond acceptors (Lipinski definition) is 2. The van der Waals surface area contributed by atoms with Gasteiger partial charge in [-0.2, -0.15) is 0 Å². The molecule has 1 heterocycles. The highest BCUT2D eigenvalue weighted by Gasteiger charge is 2.27. The van der Waals surface area contributed by atoms with Crippen LogP contribution in [0.5, 0.6) is 0 Å². The monoisotopic (exact) mass is 360 g/mol. The Morgan fingerprint density at radius 3 is 2.36 bits per heavy atom. The Hall–Kier alpha value is -2.40. The van der Waals surface area contributed by atoms with E-state index in [1.54, 1.807) is 17.0 Å². The molecule has 1 saturated heterocycles. The van der Waals surface area contributed by atoms with Crippen molar-refractivity contribution in [3.8, 4) is 0 Å². The summed E-state index contributed by atoms with van der Waals surface area (Å²) in [6.07, 6.45) is 1.24. The smallest absolute Gasteiger partial charge is 0.258 e. The molecule has 1 aliphatic heterocycles. The summed E-state index contributed by atoms with van der Waals surface area (Å²) in [7, 11) is 0. The van der Waals surface area contributed by atoms with Crippen molar-refractivity contribution in [2.45, 2.75) is 18.9 Å². The zero-order chi connectivity index (χ0) is 17.8. The van der Waals surface area contributed by atoms with Crippen molar-refractivity contribution in [3.05, 3.63) is 70.5 Å². The van der Waals surface area contributed by atoms with E-state index >= 15 is 0 Å². The summed E-state index contributed by atoms with van der Waals surface area (Å²) in [5, 5.41) is 3.10. The number of benzene rings is 2. The SMILES string of the molecule is O=C(NC1CCN(C(=O)c2c(F)cccc2Cl)CC1)c1ccccc1. The van der Waals surface area contributed by atoms with Crippen LogP contribution in [0.25, 0.3) is 0 Å². The van der Waals surface area contributed by atoms with Gasteiger partial charge in [-0.15, -0.1) is 0 Å². The van der Waals surface area contributed by atoms with Crippen molar-refractivity contribution < 1.29 is 14.0 Å². The van der Waals surface area contributed by atoms with Gasteiger partial charge < -0.3 is 10.2 Å². The van der Waals surface area contributed by atoms with Gasteiger partial charge in [0.2, 0.25) is 0 Å². The summed E-state index contributed by atoms with van der Waals surface area (Å²) in [4.78, 5) is 26.3. The number of halogens is 2. The van der Waals surface area contributed by atoms with Crippen molar-refractivity contribution in [3.63, 3.8) is 0 Å². The minimum Gasteiger partial charge on any atom is -0.349 e. The number of piperidine rings is 1. The van der Waals surface area contributed by atoms with Gasteiger partial charge in [-0.25, -0.2) is 4.39 Å². The Morgan fingerprint density at radius 1 is 1.04 bits per heavy atom. The second kappa shape index (κ2) is 7.66. The first-order chi connectivity index (χ1) is 12.1. The van der Waals surface area contributed by atoms with Gasteiger partial charge in [0.1, 0.15) is 5.82 Å². The predicted octanol–water partition coefficient (Wildman–Crippen LogP) is 3.51. The Labute approximate surface area is 150 Å². The quantitative estimate of drug-likeness (QED) is 0.910. The van der Waals surface area contributed by atoms with E-state index in [1.165, 1.54) is 18.2 Å². The number of nitrogens with zero attached hydrogens (tertiary/aromatic N) is 1. The van der Waals surface area contributed by atoms with Crippen molar-refractivity contribution in [1.29, 1.82) is 0 Å². The van der Waals surface area contributed by atoms with Crippen molar-refractivity contribution in [2.75, 3.05) is 13.1 Å². The molecular weight excluding hydrogens is 343 g/mol. The van der Waals surface area contributed by atoms with E-state index in [1.807, 2.05) is 18.2 Å². The van der Waals surface area contributed by atoms with Crippen LogP contribution < -0.4 is 5.32 Å². The molecule has 1 aliphatic rings. The summed E-state index contributed by atoms with van der Waals surface area (Å²) in [6, 6.07) is 13.2. The predicted molar refractivity (Wildman–Crippen MR) is 94.2 cm³/mol. The minimum absolute atomic E-state index is 0.00662. The third-order valence-corrected chi connectivity index (χ3v) is 4.64. The molecule has 0 radical (unpaired) electrons. The molecular formula is C19H18ClFN2O2. The number of hydrogen-bond donors (Lipinski definition) is 1. The van der Waals surface area contributed by atoms with Crippen molar-refractivity contribution in [1.82, 2.24) is 10.2 Å².